The SMILES string of the molecule is O=C(Cc1ccccc1)C(Cl)CCCl. The van der Waals surface area contributed by atoms with Gasteiger partial charge in [-0.25, -0.2) is 0 Å². The minimum Gasteiger partial charge on any atom is -0.298 e. The first-order valence-electron chi connectivity index (χ1n) is 4.50. The van der Waals surface area contributed by atoms with E-state index in [2.05, 4.69) is 0 Å². The molecule has 0 heterocycles. The quantitative estimate of drug-likeness (QED) is 0.712. The van der Waals surface area contributed by atoms with E-state index in [-0.39, 0.29) is 5.78 Å². The van der Waals surface area contributed by atoms with Crippen molar-refractivity contribution in [2.45, 2.75) is 18.2 Å². The maximum absolute atomic E-state index is 11.5. The molecule has 0 aliphatic rings. The Labute approximate surface area is 94.0 Å². The fourth-order valence-electron chi connectivity index (χ4n) is 1.16. The number of rotatable bonds is 5. The molecule has 1 rings (SSSR count). The molecule has 76 valence electrons. The Hall–Kier alpha value is -0.530. The van der Waals surface area contributed by atoms with E-state index in [4.69, 9.17) is 23.2 Å². The summed E-state index contributed by atoms with van der Waals surface area (Å²) in [4.78, 5) is 11.5. The van der Waals surface area contributed by atoms with Crippen LogP contribution in [0.4, 0.5) is 0 Å². The fraction of sp³-hybridized carbons (Fsp3) is 0.364. The van der Waals surface area contributed by atoms with Crippen molar-refractivity contribution in [2.75, 3.05) is 5.88 Å². The van der Waals surface area contributed by atoms with Gasteiger partial charge in [0.05, 0.1) is 5.38 Å². The molecule has 0 aromatic heterocycles. The number of halogens is 2. The van der Waals surface area contributed by atoms with Crippen LogP contribution in [0.15, 0.2) is 30.3 Å². The standard InChI is InChI=1S/C11H12Cl2O/c12-7-6-10(13)11(14)8-9-4-2-1-3-5-9/h1-5,10H,6-8H2. The highest BCUT2D eigenvalue weighted by Crippen LogP contribution is 2.09. The molecule has 1 aromatic carbocycles. The number of Topliss-reactive ketones (excluding diaryl/α,β-unsaturated/α-hetero) is 1. The van der Waals surface area contributed by atoms with E-state index in [1.54, 1.807) is 0 Å². The third-order valence-corrected chi connectivity index (χ3v) is 2.61. The lowest BCUT2D eigenvalue weighted by molar-refractivity contribution is -0.118. The zero-order valence-electron chi connectivity index (χ0n) is 7.75. The van der Waals surface area contributed by atoms with Crippen molar-refractivity contribution in [2.24, 2.45) is 0 Å². The van der Waals surface area contributed by atoms with Gasteiger partial charge in [0.2, 0.25) is 0 Å². The molecule has 0 saturated heterocycles. The van der Waals surface area contributed by atoms with Crippen LogP contribution in [0.1, 0.15) is 12.0 Å². The van der Waals surface area contributed by atoms with Gasteiger partial charge in [-0.15, -0.1) is 23.2 Å². The summed E-state index contributed by atoms with van der Waals surface area (Å²) in [5, 5.41) is -0.451. The highest BCUT2D eigenvalue weighted by molar-refractivity contribution is 6.31. The molecule has 0 amide bonds. The number of ketones is 1. The van der Waals surface area contributed by atoms with Crippen LogP contribution in [0, 0.1) is 0 Å². The Bertz CT molecular complexity index is 285. The molecule has 0 fully saturated rings. The molecule has 0 saturated carbocycles. The summed E-state index contributed by atoms with van der Waals surface area (Å²) < 4.78 is 0. The number of hydrogen-bond donors (Lipinski definition) is 0. The maximum Gasteiger partial charge on any atom is 0.155 e. The molecule has 0 spiro atoms. The van der Waals surface area contributed by atoms with Gasteiger partial charge in [-0.2, -0.15) is 0 Å². The Morgan fingerprint density at radius 2 is 1.93 bits per heavy atom. The number of hydrogen-bond acceptors (Lipinski definition) is 1. The minimum absolute atomic E-state index is 0.0403. The Balaban J connectivity index is 2.49. The van der Waals surface area contributed by atoms with Gasteiger partial charge in [0.15, 0.2) is 5.78 Å². The topological polar surface area (TPSA) is 17.1 Å². The van der Waals surface area contributed by atoms with Gasteiger partial charge in [0.1, 0.15) is 0 Å². The van der Waals surface area contributed by atoms with Gasteiger partial charge in [0.25, 0.3) is 0 Å². The lowest BCUT2D eigenvalue weighted by atomic mass is 10.1. The molecule has 1 aromatic rings. The largest absolute Gasteiger partial charge is 0.298 e. The summed E-state index contributed by atoms with van der Waals surface area (Å²) in [5.41, 5.74) is 0.998. The van der Waals surface area contributed by atoms with Gasteiger partial charge in [0, 0.05) is 12.3 Å². The van der Waals surface area contributed by atoms with Gasteiger partial charge in [-0.05, 0) is 12.0 Å². The molecule has 1 atom stereocenters. The van der Waals surface area contributed by atoms with E-state index in [0.717, 1.165) is 5.56 Å². The second kappa shape index (κ2) is 6.05. The molecule has 0 radical (unpaired) electrons. The van der Waals surface area contributed by atoms with E-state index in [1.165, 1.54) is 0 Å². The zero-order valence-corrected chi connectivity index (χ0v) is 9.26. The van der Waals surface area contributed by atoms with Crippen molar-refractivity contribution in [3.8, 4) is 0 Å². The smallest absolute Gasteiger partial charge is 0.155 e. The number of benzene rings is 1. The Morgan fingerprint density at radius 1 is 1.29 bits per heavy atom. The molecular formula is C11H12Cl2O. The normalized spacial score (nSPS) is 12.4. The van der Waals surface area contributed by atoms with Gasteiger partial charge < -0.3 is 0 Å². The third-order valence-electron chi connectivity index (χ3n) is 1.93. The maximum atomic E-state index is 11.5. The van der Waals surface area contributed by atoms with Gasteiger partial charge in [-0.1, -0.05) is 30.3 Å². The molecule has 0 bridgehead atoms. The van der Waals surface area contributed by atoms with Crippen molar-refractivity contribution in [1.82, 2.24) is 0 Å². The van der Waals surface area contributed by atoms with Crippen LogP contribution in [-0.2, 0) is 11.2 Å². The minimum atomic E-state index is -0.451. The average Bonchev–Trinajstić information content (AvgIpc) is 2.19. The first-order chi connectivity index (χ1) is 6.74. The van der Waals surface area contributed by atoms with Crippen LogP contribution in [-0.4, -0.2) is 17.0 Å². The molecule has 0 N–H and O–H groups in total. The van der Waals surface area contributed by atoms with E-state index >= 15 is 0 Å². The van der Waals surface area contributed by atoms with Crippen molar-refractivity contribution < 1.29 is 4.79 Å². The Morgan fingerprint density at radius 3 is 2.50 bits per heavy atom. The summed E-state index contributed by atoms with van der Waals surface area (Å²) in [5.74, 6) is 0.466. The molecule has 14 heavy (non-hydrogen) atoms. The summed E-state index contributed by atoms with van der Waals surface area (Å²) in [6.07, 6.45) is 0.931. The first-order valence-corrected chi connectivity index (χ1v) is 5.48. The highest BCUT2D eigenvalue weighted by Gasteiger charge is 2.14. The lowest BCUT2D eigenvalue weighted by Gasteiger charge is -2.05. The number of carbonyl (C=O) groups excluding carboxylic acids is 1. The highest BCUT2D eigenvalue weighted by atomic mass is 35.5. The summed E-state index contributed by atoms with van der Waals surface area (Å²) in [6.45, 7) is 0. The average molecular weight is 231 g/mol. The summed E-state index contributed by atoms with van der Waals surface area (Å²) in [6, 6.07) is 9.58. The first kappa shape index (κ1) is 11.5. The van der Waals surface area contributed by atoms with Crippen molar-refractivity contribution in [1.29, 1.82) is 0 Å². The van der Waals surface area contributed by atoms with Crippen molar-refractivity contribution >= 4 is 29.0 Å². The van der Waals surface area contributed by atoms with E-state index < -0.39 is 5.38 Å². The number of carbonyl (C=O) groups is 1. The van der Waals surface area contributed by atoms with Crippen LogP contribution in [0.2, 0.25) is 0 Å². The van der Waals surface area contributed by atoms with Crippen LogP contribution < -0.4 is 0 Å². The van der Waals surface area contributed by atoms with Crippen LogP contribution in [0.25, 0.3) is 0 Å². The van der Waals surface area contributed by atoms with Gasteiger partial charge in [-0.3, -0.25) is 4.79 Å². The van der Waals surface area contributed by atoms with E-state index in [9.17, 15) is 4.79 Å². The zero-order chi connectivity index (χ0) is 10.4. The molecular weight excluding hydrogens is 219 g/mol. The molecule has 1 unspecified atom stereocenters. The van der Waals surface area contributed by atoms with E-state index in [1.807, 2.05) is 30.3 Å². The van der Waals surface area contributed by atoms with Crippen LogP contribution in [0.5, 0.6) is 0 Å². The van der Waals surface area contributed by atoms with E-state index in [0.29, 0.717) is 18.7 Å². The molecule has 1 nitrogen and oxygen atoms in total. The summed E-state index contributed by atoms with van der Waals surface area (Å²) >= 11 is 11.4. The molecule has 0 aliphatic heterocycles. The molecule has 0 aliphatic carbocycles. The third kappa shape index (κ3) is 3.69. The van der Waals surface area contributed by atoms with Crippen molar-refractivity contribution in [3.63, 3.8) is 0 Å². The Kier molecular flexibility index (Phi) is 4.99. The molecule has 3 heteroatoms. The predicted octanol–water partition coefficient (Wildman–Crippen LogP) is 3.03. The lowest BCUT2D eigenvalue weighted by Crippen LogP contribution is -2.17. The monoisotopic (exact) mass is 230 g/mol. The van der Waals surface area contributed by atoms with Crippen molar-refractivity contribution in [3.05, 3.63) is 35.9 Å². The summed E-state index contributed by atoms with van der Waals surface area (Å²) in [7, 11) is 0. The second-order valence-corrected chi connectivity index (χ2v) is 3.98. The van der Waals surface area contributed by atoms with Gasteiger partial charge >= 0.3 is 0 Å². The van der Waals surface area contributed by atoms with Crippen LogP contribution in [0.3, 0.4) is 0 Å². The second-order valence-electron chi connectivity index (χ2n) is 3.07. The predicted molar refractivity (Wildman–Crippen MR) is 60.1 cm³/mol. The number of alkyl halides is 2. The van der Waals surface area contributed by atoms with Crippen LogP contribution >= 0.6 is 23.2 Å². The fourth-order valence-corrected chi connectivity index (χ4v) is 1.68.